The first-order valence-corrected chi connectivity index (χ1v) is 9.96. The molecular formula is C22H30N4O7. The van der Waals surface area contributed by atoms with Crippen molar-refractivity contribution in [2.24, 2.45) is 0 Å². The number of aryl methyl sites for hydroxylation is 1. The first-order chi connectivity index (χ1) is 15.8. The molecule has 0 bridgehead atoms. The molecule has 0 aliphatic heterocycles. The van der Waals surface area contributed by atoms with E-state index in [9.17, 15) is 5.11 Å². The summed E-state index contributed by atoms with van der Waals surface area (Å²) in [6.07, 6.45) is 9.70. The Morgan fingerprint density at radius 1 is 1.09 bits per heavy atom. The van der Waals surface area contributed by atoms with Crippen LogP contribution in [0.1, 0.15) is 20.3 Å². The Hall–Kier alpha value is -3.86. The summed E-state index contributed by atoms with van der Waals surface area (Å²) in [5, 5.41) is 23.8. The van der Waals surface area contributed by atoms with E-state index in [2.05, 4.69) is 9.97 Å². The fourth-order valence-electron chi connectivity index (χ4n) is 2.80. The van der Waals surface area contributed by atoms with Crippen molar-refractivity contribution in [3.63, 3.8) is 0 Å². The molecule has 33 heavy (non-hydrogen) atoms. The Labute approximate surface area is 191 Å². The van der Waals surface area contributed by atoms with Crippen LogP contribution in [0.2, 0.25) is 0 Å². The van der Waals surface area contributed by atoms with Crippen LogP contribution in [-0.2, 0) is 22.7 Å². The third kappa shape index (κ3) is 9.44. The van der Waals surface area contributed by atoms with Crippen molar-refractivity contribution >= 4 is 12.9 Å². The molecule has 0 spiro atoms. The van der Waals surface area contributed by atoms with E-state index < -0.39 is 5.60 Å². The van der Waals surface area contributed by atoms with Gasteiger partial charge in [0.15, 0.2) is 11.5 Å². The Balaban J connectivity index is 0.000000819. The van der Waals surface area contributed by atoms with Gasteiger partial charge in [0.1, 0.15) is 12.4 Å². The quantitative estimate of drug-likeness (QED) is 0.407. The number of aromatic nitrogens is 4. The molecule has 0 aliphatic carbocycles. The highest BCUT2D eigenvalue weighted by molar-refractivity contribution is 5.69. The van der Waals surface area contributed by atoms with Crippen molar-refractivity contribution in [2.45, 2.75) is 39.0 Å². The Morgan fingerprint density at radius 2 is 1.79 bits per heavy atom. The minimum atomic E-state index is -0.736. The second-order valence-corrected chi connectivity index (χ2v) is 7.20. The van der Waals surface area contributed by atoms with Gasteiger partial charge in [-0.2, -0.15) is 0 Å². The molecule has 3 rings (SSSR count). The van der Waals surface area contributed by atoms with E-state index in [-0.39, 0.29) is 12.9 Å². The Bertz CT molecular complexity index is 944. The zero-order valence-electron chi connectivity index (χ0n) is 18.9. The number of nitrogens with zero attached hydrogens (tertiary/aromatic N) is 4. The maximum atomic E-state index is 10.0. The van der Waals surface area contributed by atoms with Crippen LogP contribution in [-0.4, -0.2) is 66.7 Å². The van der Waals surface area contributed by atoms with Gasteiger partial charge in [0.05, 0.1) is 31.1 Å². The zero-order valence-corrected chi connectivity index (χ0v) is 18.9. The number of benzene rings is 1. The van der Waals surface area contributed by atoms with E-state index in [1.54, 1.807) is 39.7 Å². The third-order valence-corrected chi connectivity index (χ3v) is 4.27. The van der Waals surface area contributed by atoms with Crippen LogP contribution >= 0.6 is 0 Å². The highest BCUT2D eigenvalue weighted by Crippen LogP contribution is 2.37. The minimum absolute atomic E-state index is 0.250. The fourth-order valence-corrected chi connectivity index (χ4v) is 2.80. The molecule has 0 atom stereocenters. The van der Waals surface area contributed by atoms with E-state index in [0.29, 0.717) is 37.6 Å². The maximum absolute atomic E-state index is 10.0. The number of hydrogen-bond donors (Lipinski definition) is 3. The topological polar surface area (TPSA) is 149 Å². The number of para-hydroxylation sites is 1. The highest BCUT2D eigenvalue weighted by atomic mass is 16.5. The third-order valence-electron chi connectivity index (χ3n) is 4.27. The lowest BCUT2D eigenvalue weighted by atomic mass is 10.1. The lowest BCUT2D eigenvalue weighted by Gasteiger charge is -2.19. The van der Waals surface area contributed by atoms with Gasteiger partial charge in [-0.25, -0.2) is 9.97 Å². The van der Waals surface area contributed by atoms with Gasteiger partial charge in [-0.15, -0.1) is 0 Å². The average Bonchev–Trinajstić information content (AvgIpc) is 3.45. The Kier molecular flexibility index (Phi) is 11.7. The molecule has 3 aromatic rings. The van der Waals surface area contributed by atoms with Gasteiger partial charge in [0.2, 0.25) is 0 Å². The summed E-state index contributed by atoms with van der Waals surface area (Å²) in [5.74, 6) is 2.11. The van der Waals surface area contributed by atoms with Crippen LogP contribution in [0.25, 0.3) is 11.4 Å². The molecular weight excluding hydrogens is 432 g/mol. The normalized spacial score (nSPS) is 10.2. The van der Waals surface area contributed by atoms with Gasteiger partial charge in [0, 0.05) is 31.3 Å². The van der Waals surface area contributed by atoms with Crippen molar-refractivity contribution in [2.75, 3.05) is 13.7 Å². The van der Waals surface area contributed by atoms with Gasteiger partial charge in [-0.3, -0.25) is 9.59 Å². The van der Waals surface area contributed by atoms with Crippen LogP contribution in [0.3, 0.4) is 0 Å². The van der Waals surface area contributed by atoms with E-state index >= 15 is 0 Å². The lowest BCUT2D eigenvalue weighted by molar-refractivity contribution is -0.123. The van der Waals surface area contributed by atoms with Crippen molar-refractivity contribution in [3.05, 3.63) is 49.3 Å². The van der Waals surface area contributed by atoms with Gasteiger partial charge in [0.25, 0.3) is 12.9 Å². The average molecular weight is 463 g/mol. The first kappa shape index (κ1) is 27.2. The molecule has 11 heteroatoms. The standard InChI is InChI=1S/C20H26N4O3.2CH2O2/c1-20(2,25)7-10-24-12-9-22-19(24)16-5-4-6-17(26-3)18(16)27-14-13-23-11-8-21-15-23;2*2-1-3/h4-6,8-9,11-12,15,25H,7,10,13-14H2,1-3H3;2*1H,(H,2,3). The van der Waals surface area contributed by atoms with Gasteiger partial charge in [-0.1, -0.05) is 6.07 Å². The number of carboxylic acid groups (broad SMARTS) is 2. The van der Waals surface area contributed by atoms with Gasteiger partial charge >= 0.3 is 0 Å². The predicted molar refractivity (Wildman–Crippen MR) is 120 cm³/mol. The summed E-state index contributed by atoms with van der Waals surface area (Å²) >= 11 is 0. The lowest BCUT2D eigenvalue weighted by Crippen LogP contribution is -2.21. The van der Waals surface area contributed by atoms with E-state index in [0.717, 1.165) is 11.4 Å². The highest BCUT2D eigenvalue weighted by Gasteiger charge is 2.18. The van der Waals surface area contributed by atoms with Gasteiger partial charge in [-0.05, 0) is 32.4 Å². The summed E-state index contributed by atoms with van der Waals surface area (Å²) in [5.41, 5.74) is 0.126. The minimum Gasteiger partial charge on any atom is -0.493 e. The number of hydrogen-bond acceptors (Lipinski definition) is 7. The van der Waals surface area contributed by atoms with Crippen molar-refractivity contribution < 1.29 is 34.4 Å². The number of aliphatic hydroxyl groups is 1. The predicted octanol–water partition coefficient (Wildman–Crippen LogP) is 2.40. The van der Waals surface area contributed by atoms with Crippen LogP contribution < -0.4 is 9.47 Å². The number of ether oxygens (including phenoxy) is 2. The molecule has 11 nitrogen and oxygen atoms in total. The van der Waals surface area contributed by atoms with Crippen LogP contribution in [0.15, 0.2) is 49.3 Å². The number of methoxy groups -OCH3 is 1. The molecule has 3 N–H and O–H groups in total. The molecule has 0 fully saturated rings. The molecule has 0 radical (unpaired) electrons. The second-order valence-electron chi connectivity index (χ2n) is 7.20. The molecule has 0 amide bonds. The molecule has 0 aliphatic rings. The second kappa shape index (κ2) is 14.2. The number of rotatable bonds is 9. The van der Waals surface area contributed by atoms with Crippen molar-refractivity contribution in [1.82, 2.24) is 19.1 Å². The molecule has 0 saturated carbocycles. The van der Waals surface area contributed by atoms with Crippen molar-refractivity contribution in [3.8, 4) is 22.9 Å². The summed E-state index contributed by atoms with van der Waals surface area (Å²) < 4.78 is 15.6. The van der Waals surface area contributed by atoms with E-state index in [4.69, 9.17) is 29.3 Å². The van der Waals surface area contributed by atoms with Crippen LogP contribution in [0, 0.1) is 0 Å². The van der Waals surface area contributed by atoms with Crippen molar-refractivity contribution in [1.29, 1.82) is 0 Å². The van der Waals surface area contributed by atoms with E-state index in [1.807, 2.05) is 39.7 Å². The zero-order chi connectivity index (χ0) is 24.7. The monoisotopic (exact) mass is 462 g/mol. The molecule has 0 saturated heterocycles. The first-order valence-electron chi connectivity index (χ1n) is 9.96. The van der Waals surface area contributed by atoms with E-state index in [1.165, 1.54) is 0 Å². The number of carbonyl (C=O) groups is 2. The summed E-state index contributed by atoms with van der Waals surface area (Å²) in [6, 6.07) is 5.77. The largest absolute Gasteiger partial charge is 0.493 e. The van der Waals surface area contributed by atoms with Crippen LogP contribution in [0.4, 0.5) is 0 Å². The smallest absolute Gasteiger partial charge is 0.290 e. The molecule has 2 aromatic heterocycles. The summed E-state index contributed by atoms with van der Waals surface area (Å²) in [6.45, 7) is 4.93. The molecule has 0 unspecified atom stereocenters. The van der Waals surface area contributed by atoms with Crippen LogP contribution in [0.5, 0.6) is 11.5 Å². The molecule has 1 aromatic carbocycles. The maximum Gasteiger partial charge on any atom is 0.290 e. The Morgan fingerprint density at radius 3 is 2.36 bits per heavy atom. The fraction of sp³-hybridized carbons (Fsp3) is 0.364. The summed E-state index contributed by atoms with van der Waals surface area (Å²) in [4.78, 5) is 25.3. The molecule has 180 valence electrons. The SMILES string of the molecule is COc1cccc(-c2nccn2CCC(C)(C)O)c1OCCn1ccnc1.O=CO.O=CO. The van der Waals surface area contributed by atoms with Gasteiger partial charge < -0.3 is 33.9 Å². The summed E-state index contributed by atoms with van der Waals surface area (Å²) in [7, 11) is 1.63. The number of imidazole rings is 2. The molecule has 2 heterocycles.